The zero-order valence-electron chi connectivity index (χ0n) is 18.4. The number of halogens is 4. The molecule has 1 atom stereocenters. The Kier molecular flexibility index (Phi) is 9.35. The molecule has 33 heavy (non-hydrogen) atoms. The Balaban J connectivity index is 0.000000294. The van der Waals surface area contributed by atoms with Crippen LogP contribution in [0.4, 0.5) is 29.2 Å². The second-order valence-electron chi connectivity index (χ2n) is 7.66. The fraction of sp³-hybridized carbons (Fsp3) is 0.476. The number of aromatic nitrogens is 2. The molecule has 182 valence electrons. The second kappa shape index (κ2) is 11.8. The Morgan fingerprint density at radius 1 is 1.30 bits per heavy atom. The SMILES string of the molecule is CNc1ncnc(N(C)Cc2ccc(C(F)(F)F)cc2)c1F.NC(=O)CN1CCC[C@@H](O)C1. The van der Waals surface area contributed by atoms with Crippen molar-refractivity contribution in [1.29, 1.82) is 0 Å². The van der Waals surface area contributed by atoms with E-state index in [-0.39, 0.29) is 36.7 Å². The third-order valence-electron chi connectivity index (χ3n) is 4.93. The highest BCUT2D eigenvalue weighted by atomic mass is 19.4. The van der Waals surface area contributed by atoms with Gasteiger partial charge in [0, 0.05) is 27.2 Å². The van der Waals surface area contributed by atoms with Gasteiger partial charge in [-0.2, -0.15) is 17.6 Å². The van der Waals surface area contributed by atoms with E-state index < -0.39 is 17.6 Å². The van der Waals surface area contributed by atoms with Crippen molar-refractivity contribution in [2.45, 2.75) is 31.7 Å². The van der Waals surface area contributed by atoms with Gasteiger partial charge in [-0.05, 0) is 37.1 Å². The monoisotopic (exact) mass is 472 g/mol. The molecule has 1 aromatic heterocycles. The number of nitrogens with zero attached hydrogens (tertiary/aromatic N) is 4. The number of hydrogen-bond acceptors (Lipinski definition) is 7. The molecule has 0 saturated carbocycles. The largest absolute Gasteiger partial charge is 0.416 e. The third-order valence-corrected chi connectivity index (χ3v) is 4.93. The number of nitrogens with two attached hydrogens (primary N) is 1. The van der Waals surface area contributed by atoms with Crippen LogP contribution in [0.3, 0.4) is 0 Å². The van der Waals surface area contributed by atoms with E-state index in [1.54, 1.807) is 7.05 Å². The Morgan fingerprint density at radius 2 is 1.97 bits per heavy atom. The standard InChI is InChI=1S/C14H14F4N4.C7H14N2O2/c1-19-12-11(15)13(21-8-20-12)22(2)7-9-3-5-10(6-4-9)14(16,17)18;8-7(11)5-9-3-1-2-6(10)4-9/h3-6,8H,7H2,1-2H3,(H,19,20,21);6,10H,1-5H2,(H2,8,11)/t;6-/m.1/s1. The number of alkyl halides is 3. The van der Waals surface area contributed by atoms with Crippen LogP contribution in [0.2, 0.25) is 0 Å². The summed E-state index contributed by atoms with van der Waals surface area (Å²) in [4.78, 5) is 21.5. The lowest BCUT2D eigenvalue weighted by molar-refractivity contribution is -0.137. The van der Waals surface area contributed by atoms with Crippen molar-refractivity contribution in [3.05, 3.63) is 47.5 Å². The summed E-state index contributed by atoms with van der Waals surface area (Å²) in [6, 6.07) is 4.71. The van der Waals surface area contributed by atoms with Crippen LogP contribution in [-0.4, -0.2) is 65.7 Å². The molecular formula is C21H28F4N6O2. The van der Waals surface area contributed by atoms with E-state index in [2.05, 4.69) is 15.3 Å². The topological polar surface area (TPSA) is 108 Å². The Labute approximate surface area is 189 Å². The van der Waals surface area contributed by atoms with Gasteiger partial charge in [-0.15, -0.1) is 0 Å². The molecule has 1 aliphatic heterocycles. The van der Waals surface area contributed by atoms with Crippen LogP contribution >= 0.6 is 0 Å². The fourth-order valence-electron chi connectivity index (χ4n) is 3.34. The molecule has 0 unspecified atom stereocenters. The first-order valence-electron chi connectivity index (χ1n) is 10.3. The van der Waals surface area contributed by atoms with E-state index >= 15 is 0 Å². The maximum absolute atomic E-state index is 14.1. The van der Waals surface area contributed by atoms with Crippen molar-refractivity contribution in [3.63, 3.8) is 0 Å². The first-order chi connectivity index (χ1) is 15.5. The van der Waals surface area contributed by atoms with E-state index in [1.807, 2.05) is 4.90 Å². The molecule has 0 spiro atoms. The molecule has 0 bridgehead atoms. The van der Waals surface area contributed by atoms with Crippen LogP contribution in [0.5, 0.6) is 0 Å². The van der Waals surface area contributed by atoms with Crippen LogP contribution < -0.4 is 16.0 Å². The number of aliphatic hydroxyl groups is 1. The molecule has 3 rings (SSSR count). The number of likely N-dealkylation sites (tertiary alicyclic amines) is 1. The summed E-state index contributed by atoms with van der Waals surface area (Å²) in [7, 11) is 3.13. The molecule has 1 saturated heterocycles. The molecule has 12 heteroatoms. The molecule has 0 radical (unpaired) electrons. The summed E-state index contributed by atoms with van der Waals surface area (Å²) in [5.74, 6) is -0.804. The zero-order chi connectivity index (χ0) is 24.6. The minimum Gasteiger partial charge on any atom is -0.392 e. The second-order valence-corrected chi connectivity index (χ2v) is 7.66. The number of aliphatic hydroxyl groups excluding tert-OH is 1. The van der Waals surface area contributed by atoms with Gasteiger partial charge in [-0.25, -0.2) is 9.97 Å². The summed E-state index contributed by atoms with van der Waals surface area (Å²) in [6.07, 6.45) is -1.63. The van der Waals surface area contributed by atoms with Crippen LogP contribution in [0.15, 0.2) is 30.6 Å². The highest BCUT2D eigenvalue weighted by Gasteiger charge is 2.30. The van der Waals surface area contributed by atoms with Gasteiger partial charge in [0.1, 0.15) is 6.33 Å². The summed E-state index contributed by atoms with van der Waals surface area (Å²) >= 11 is 0. The van der Waals surface area contributed by atoms with Crippen molar-refractivity contribution < 1.29 is 27.5 Å². The summed E-state index contributed by atoms with van der Waals surface area (Å²) in [6.45, 7) is 1.95. The minimum atomic E-state index is -4.37. The maximum atomic E-state index is 14.1. The van der Waals surface area contributed by atoms with Gasteiger partial charge in [0.15, 0.2) is 11.6 Å². The zero-order valence-corrected chi connectivity index (χ0v) is 18.4. The number of rotatable bonds is 6. The highest BCUT2D eigenvalue weighted by molar-refractivity contribution is 5.75. The average Bonchev–Trinajstić information content (AvgIpc) is 2.73. The van der Waals surface area contributed by atoms with Gasteiger partial charge >= 0.3 is 6.18 Å². The van der Waals surface area contributed by atoms with Gasteiger partial charge in [0.25, 0.3) is 0 Å². The number of carbonyl (C=O) groups is 1. The number of β-amino-alcohol motifs (C(OH)–C–C–N with tert-alkyl or cyclic N) is 1. The number of primary amides is 1. The minimum absolute atomic E-state index is 0.0595. The molecular weight excluding hydrogens is 444 g/mol. The lowest BCUT2D eigenvalue weighted by Gasteiger charge is -2.28. The third kappa shape index (κ3) is 8.13. The van der Waals surface area contributed by atoms with Crippen molar-refractivity contribution >= 4 is 17.5 Å². The van der Waals surface area contributed by atoms with E-state index in [4.69, 9.17) is 5.73 Å². The average molecular weight is 472 g/mol. The molecule has 2 aromatic rings. The molecule has 8 nitrogen and oxygen atoms in total. The van der Waals surface area contributed by atoms with E-state index in [1.165, 1.54) is 30.4 Å². The highest BCUT2D eigenvalue weighted by Crippen LogP contribution is 2.29. The van der Waals surface area contributed by atoms with Gasteiger partial charge in [0.2, 0.25) is 11.7 Å². The summed E-state index contributed by atoms with van der Waals surface area (Å²) < 4.78 is 51.6. The smallest absolute Gasteiger partial charge is 0.392 e. The van der Waals surface area contributed by atoms with Gasteiger partial charge in [-0.1, -0.05) is 12.1 Å². The van der Waals surface area contributed by atoms with Gasteiger partial charge in [-0.3, -0.25) is 9.69 Å². The normalized spacial score (nSPS) is 16.5. The number of amides is 1. The van der Waals surface area contributed by atoms with Crippen molar-refractivity contribution in [1.82, 2.24) is 14.9 Å². The lowest BCUT2D eigenvalue weighted by Crippen LogP contribution is -2.42. The number of nitrogens with one attached hydrogen (secondary N) is 1. The van der Waals surface area contributed by atoms with Gasteiger partial charge < -0.3 is 21.1 Å². The maximum Gasteiger partial charge on any atom is 0.416 e. The van der Waals surface area contributed by atoms with E-state index in [0.29, 0.717) is 12.1 Å². The number of benzene rings is 1. The molecule has 1 amide bonds. The van der Waals surface area contributed by atoms with Crippen LogP contribution in [-0.2, 0) is 17.5 Å². The van der Waals surface area contributed by atoms with Crippen molar-refractivity contribution in [2.75, 3.05) is 43.9 Å². The van der Waals surface area contributed by atoms with E-state index in [0.717, 1.165) is 31.5 Å². The molecule has 2 heterocycles. The Bertz CT molecular complexity index is 911. The summed E-state index contributed by atoms with van der Waals surface area (Å²) in [5.41, 5.74) is 4.90. The molecule has 1 aromatic carbocycles. The first-order valence-corrected chi connectivity index (χ1v) is 10.3. The lowest BCUT2D eigenvalue weighted by atomic mass is 10.1. The fourth-order valence-corrected chi connectivity index (χ4v) is 3.34. The summed E-state index contributed by atoms with van der Waals surface area (Å²) in [5, 5.41) is 11.8. The first kappa shape index (κ1) is 26.3. The number of anilines is 2. The Hall–Kier alpha value is -2.99. The number of hydrogen-bond donors (Lipinski definition) is 3. The predicted octanol–water partition coefficient (Wildman–Crippen LogP) is 2.24. The number of carbonyl (C=O) groups excluding carboxylic acids is 1. The molecule has 1 aliphatic rings. The van der Waals surface area contributed by atoms with Crippen LogP contribution in [0.25, 0.3) is 0 Å². The van der Waals surface area contributed by atoms with Crippen LogP contribution in [0, 0.1) is 5.82 Å². The van der Waals surface area contributed by atoms with Crippen molar-refractivity contribution in [2.24, 2.45) is 5.73 Å². The van der Waals surface area contributed by atoms with Crippen molar-refractivity contribution in [3.8, 4) is 0 Å². The predicted molar refractivity (Wildman–Crippen MR) is 116 cm³/mol. The number of piperidine rings is 1. The molecule has 1 fully saturated rings. The van der Waals surface area contributed by atoms with E-state index in [9.17, 15) is 27.5 Å². The quantitative estimate of drug-likeness (QED) is 0.554. The Morgan fingerprint density at radius 3 is 2.52 bits per heavy atom. The van der Waals surface area contributed by atoms with Gasteiger partial charge in [0.05, 0.1) is 18.2 Å². The molecule has 4 N–H and O–H groups in total. The molecule has 0 aliphatic carbocycles. The van der Waals surface area contributed by atoms with Crippen LogP contribution in [0.1, 0.15) is 24.0 Å².